The van der Waals surface area contributed by atoms with Gasteiger partial charge in [-0.05, 0) is 37.5 Å². The van der Waals surface area contributed by atoms with E-state index < -0.39 is 0 Å². The average Bonchev–Trinajstić information content (AvgIpc) is 2.55. The number of aliphatic hydroxyl groups excluding tert-OH is 1. The zero-order valence-corrected chi connectivity index (χ0v) is 7.30. The van der Waals surface area contributed by atoms with Crippen molar-refractivity contribution in [3.05, 3.63) is 11.6 Å². The molecule has 2 unspecified atom stereocenters. The maximum atomic E-state index is 9.32. The third kappa shape index (κ3) is 1.12. The Morgan fingerprint density at radius 2 is 2.27 bits per heavy atom. The van der Waals surface area contributed by atoms with Gasteiger partial charge < -0.3 is 5.11 Å². The first-order valence-corrected chi connectivity index (χ1v) is 4.45. The monoisotopic (exact) mass is 152 g/mol. The summed E-state index contributed by atoms with van der Waals surface area (Å²) in [4.78, 5) is 0. The molecule has 0 heterocycles. The summed E-state index contributed by atoms with van der Waals surface area (Å²) >= 11 is 0. The number of rotatable bonds is 1. The van der Waals surface area contributed by atoms with E-state index in [-0.39, 0.29) is 6.10 Å². The van der Waals surface area contributed by atoms with Gasteiger partial charge in [0.25, 0.3) is 0 Å². The number of allylic oxidation sites excluding steroid dienone is 2. The van der Waals surface area contributed by atoms with E-state index >= 15 is 0 Å². The number of hydrogen-bond acceptors (Lipinski definition) is 1. The van der Waals surface area contributed by atoms with Crippen molar-refractivity contribution in [3.63, 3.8) is 0 Å². The van der Waals surface area contributed by atoms with E-state index in [1.807, 2.05) is 0 Å². The standard InChI is InChI=1S/C10H16O/c1-7-3-4-10(2,6-7)8-5-9(8)11/h3,8-9,11H,4-6H2,1-2H3/t8?,9?,10-/m1/s1. The van der Waals surface area contributed by atoms with Crippen LogP contribution >= 0.6 is 0 Å². The van der Waals surface area contributed by atoms with E-state index in [0.29, 0.717) is 11.3 Å². The molecule has 11 heavy (non-hydrogen) atoms. The fraction of sp³-hybridized carbons (Fsp3) is 0.800. The highest BCUT2D eigenvalue weighted by Crippen LogP contribution is 2.53. The van der Waals surface area contributed by atoms with Crippen LogP contribution in [0.2, 0.25) is 0 Å². The molecule has 0 saturated heterocycles. The molecule has 2 aliphatic rings. The van der Waals surface area contributed by atoms with Crippen molar-refractivity contribution in [3.8, 4) is 0 Å². The van der Waals surface area contributed by atoms with Gasteiger partial charge in [0.2, 0.25) is 0 Å². The smallest absolute Gasteiger partial charge is 0.0578 e. The largest absolute Gasteiger partial charge is 0.393 e. The van der Waals surface area contributed by atoms with Gasteiger partial charge in [0.15, 0.2) is 0 Å². The van der Waals surface area contributed by atoms with Crippen LogP contribution in [-0.2, 0) is 0 Å². The van der Waals surface area contributed by atoms with Gasteiger partial charge >= 0.3 is 0 Å². The summed E-state index contributed by atoms with van der Waals surface area (Å²) in [6.45, 7) is 4.50. The maximum absolute atomic E-state index is 9.32. The number of aliphatic hydroxyl groups is 1. The van der Waals surface area contributed by atoms with Crippen molar-refractivity contribution in [1.29, 1.82) is 0 Å². The van der Waals surface area contributed by atoms with Crippen LogP contribution in [0.4, 0.5) is 0 Å². The second kappa shape index (κ2) is 2.10. The molecule has 2 rings (SSSR count). The van der Waals surface area contributed by atoms with Crippen molar-refractivity contribution in [1.82, 2.24) is 0 Å². The highest BCUT2D eigenvalue weighted by Gasteiger charge is 2.49. The van der Waals surface area contributed by atoms with Gasteiger partial charge in [-0.25, -0.2) is 0 Å². The highest BCUT2D eigenvalue weighted by atomic mass is 16.3. The minimum Gasteiger partial charge on any atom is -0.393 e. The zero-order valence-electron chi connectivity index (χ0n) is 7.30. The van der Waals surface area contributed by atoms with Gasteiger partial charge in [0.1, 0.15) is 0 Å². The Labute approximate surface area is 68.1 Å². The van der Waals surface area contributed by atoms with E-state index in [0.717, 1.165) is 6.42 Å². The molecule has 1 fully saturated rings. The molecule has 0 aromatic carbocycles. The summed E-state index contributed by atoms with van der Waals surface area (Å²) in [6.07, 6.45) is 5.76. The Balaban J connectivity index is 2.04. The van der Waals surface area contributed by atoms with Gasteiger partial charge in [0, 0.05) is 0 Å². The molecule has 1 N–H and O–H groups in total. The second-order valence-corrected chi connectivity index (χ2v) is 4.49. The van der Waals surface area contributed by atoms with E-state index in [9.17, 15) is 5.11 Å². The fourth-order valence-electron chi connectivity index (χ4n) is 2.40. The van der Waals surface area contributed by atoms with E-state index in [2.05, 4.69) is 19.9 Å². The predicted molar refractivity (Wildman–Crippen MR) is 45.2 cm³/mol. The minimum absolute atomic E-state index is 0.0132. The minimum atomic E-state index is 0.0132. The van der Waals surface area contributed by atoms with Gasteiger partial charge in [-0.15, -0.1) is 0 Å². The summed E-state index contributed by atoms with van der Waals surface area (Å²) in [5, 5.41) is 9.32. The number of hydrogen-bond donors (Lipinski definition) is 1. The van der Waals surface area contributed by atoms with Crippen LogP contribution < -0.4 is 0 Å². The Morgan fingerprint density at radius 3 is 2.64 bits per heavy atom. The molecule has 62 valence electrons. The summed E-state index contributed by atoms with van der Waals surface area (Å²) in [6, 6.07) is 0. The van der Waals surface area contributed by atoms with Crippen LogP contribution in [-0.4, -0.2) is 11.2 Å². The summed E-state index contributed by atoms with van der Waals surface area (Å²) in [5.41, 5.74) is 1.91. The van der Waals surface area contributed by atoms with Crippen molar-refractivity contribution in [2.24, 2.45) is 11.3 Å². The lowest BCUT2D eigenvalue weighted by Crippen LogP contribution is -2.17. The van der Waals surface area contributed by atoms with E-state index in [4.69, 9.17) is 0 Å². The molecular weight excluding hydrogens is 136 g/mol. The van der Waals surface area contributed by atoms with Crippen LogP contribution in [0.15, 0.2) is 11.6 Å². The Morgan fingerprint density at radius 1 is 1.64 bits per heavy atom. The van der Waals surface area contributed by atoms with Crippen molar-refractivity contribution >= 4 is 0 Å². The van der Waals surface area contributed by atoms with Crippen LogP contribution in [0.3, 0.4) is 0 Å². The Hall–Kier alpha value is -0.300. The van der Waals surface area contributed by atoms with Crippen LogP contribution in [0.1, 0.15) is 33.1 Å². The van der Waals surface area contributed by atoms with Crippen molar-refractivity contribution < 1.29 is 5.11 Å². The van der Waals surface area contributed by atoms with Crippen LogP contribution in [0.25, 0.3) is 0 Å². The molecule has 0 bridgehead atoms. The van der Waals surface area contributed by atoms with Crippen LogP contribution in [0.5, 0.6) is 0 Å². The quantitative estimate of drug-likeness (QED) is 0.570. The first-order valence-electron chi connectivity index (χ1n) is 4.45. The van der Waals surface area contributed by atoms with Crippen LogP contribution in [0, 0.1) is 11.3 Å². The second-order valence-electron chi connectivity index (χ2n) is 4.49. The first kappa shape index (κ1) is 7.35. The topological polar surface area (TPSA) is 20.2 Å². The van der Waals surface area contributed by atoms with Crippen molar-refractivity contribution in [2.75, 3.05) is 0 Å². The summed E-state index contributed by atoms with van der Waals surface area (Å²) < 4.78 is 0. The lowest BCUT2D eigenvalue weighted by atomic mass is 9.81. The Bertz CT molecular complexity index is 207. The fourth-order valence-corrected chi connectivity index (χ4v) is 2.40. The zero-order chi connectivity index (χ0) is 8.06. The molecular formula is C10H16O. The van der Waals surface area contributed by atoms with Gasteiger partial charge in [-0.3, -0.25) is 0 Å². The summed E-state index contributed by atoms with van der Waals surface area (Å²) in [5.74, 6) is 0.594. The predicted octanol–water partition coefficient (Wildman–Crippen LogP) is 2.11. The first-order chi connectivity index (χ1) is 5.12. The van der Waals surface area contributed by atoms with Gasteiger partial charge in [-0.1, -0.05) is 18.6 Å². The molecule has 1 saturated carbocycles. The van der Waals surface area contributed by atoms with Crippen molar-refractivity contribution in [2.45, 2.75) is 39.2 Å². The molecule has 0 radical (unpaired) electrons. The van der Waals surface area contributed by atoms with Gasteiger partial charge in [-0.2, -0.15) is 0 Å². The summed E-state index contributed by atoms with van der Waals surface area (Å²) in [7, 11) is 0. The molecule has 0 aliphatic heterocycles. The van der Waals surface area contributed by atoms with E-state index in [1.165, 1.54) is 18.4 Å². The molecule has 0 amide bonds. The van der Waals surface area contributed by atoms with Gasteiger partial charge in [0.05, 0.1) is 6.10 Å². The molecule has 0 aromatic rings. The third-order valence-corrected chi connectivity index (χ3v) is 3.25. The third-order valence-electron chi connectivity index (χ3n) is 3.25. The molecule has 1 heteroatoms. The molecule has 0 spiro atoms. The normalized spacial score (nSPS) is 49.2. The van der Waals surface area contributed by atoms with E-state index in [1.54, 1.807) is 0 Å². The molecule has 0 aromatic heterocycles. The SMILES string of the molecule is CC1=CC[C@@](C)(C2CC2O)C1. The molecule has 1 nitrogen and oxygen atoms in total. The average molecular weight is 152 g/mol. The molecule has 3 atom stereocenters. The Kier molecular flexibility index (Phi) is 1.40. The maximum Gasteiger partial charge on any atom is 0.0578 e. The lowest BCUT2D eigenvalue weighted by Gasteiger charge is -2.23. The highest BCUT2D eigenvalue weighted by molar-refractivity contribution is 5.16. The lowest BCUT2D eigenvalue weighted by molar-refractivity contribution is 0.192. The molecule has 2 aliphatic carbocycles.